The highest BCUT2D eigenvalue weighted by Gasteiger charge is 2.26. The second-order valence-electron chi connectivity index (χ2n) is 7.94. The number of amides is 1. The maximum absolute atomic E-state index is 12.9. The number of nitrogens with one attached hydrogen (secondary N) is 1. The first kappa shape index (κ1) is 21.6. The molecule has 0 bridgehead atoms. The van der Waals surface area contributed by atoms with Crippen molar-refractivity contribution in [3.05, 3.63) is 60.4 Å². The Morgan fingerprint density at radius 2 is 1.75 bits per heavy atom. The molecule has 1 aliphatic heterocycles. The summed E-state index contributed by atoms with van der Waals surface area (Å²) in [7, 11) is 3.18. The fourth-order valence-corrected chi connectivity index (χ4v) is 3.91. The van der Waals surface area contributed by atoms with Crippen LogP contribution in [0.5, 0.6) is 11.5 Å². The molecule has 0 unspecified atom stereocenters. The van der Waals surface area contributed by atoms with Crippen molar-refractivity contribution in [3.63, 3.8) is 0 Å². The van der Waals surface area contributed by atoms with Crippen molar-refractivity contribution in [1.29, 1.82) is 0 Å². The van der Waals surface area contributed by atoms with Gasteiger partial charge in [-0.1, -0.05) is 29.8 Å². The quantitative estimate of drug-likeness (QED) is 0.625. The molecule has 0 spiro atoms. The van der Waals surface area contributed by atoms with Gasteiger partial charge in [0.25, 0.3) is 0 Å². The zero-order chi connectivity index (χ0) is 22.5. The second-order valence-corrected chi connectivity index (χ2v) is 7.94. The molecule has 4 rings (SSSR count). The van der Waals surface area contributed by atoms with Gasteiger partial charge in [0.15, 0.2) is 0 Å². The van der Waals surface area contributed by atoms with E-state index in [9.17, 15) is 4.79 Å². The monoisotopic (exact) mass is 432 g/mol. The van der Waals surface area contributed by atoms with Crippen molar-refractivity contribution >= 4 is 17.4 Å². The third-order valence-electron chi connectivity index (χ3n) is 5.86. The number of rotatable bonds is 6. The molecule has 1 N–H and O–H groups in total. The fourth-order valence-electron chi connectivity index (χ4n) is 3.91. The van der Waals surface area contributed by atoms with E-state index in [0.29, 0.717) is 17.2 Å². The molecule has 166 valence electrons. The molecular weight excluding hydrogens is 404 g/mol. The minimum Gasteiger partial charge on any atom is -0.497 e. The van der Waals surface area contributed by atoms with Gasteiger partial charge in [-0.15, -0.1) is 0 Å². The Morgan fingerprint density at radius 3 is 2.44 bits per heavy atom. The normalized spacial score (nSPS) is 14.2. The number of hydrogen-bond donors (Lipinski definition) is 1. The number of aryl methyl sites for hydroxylation is 1. The molecule has 7 heteroatoms. The van der Waals surface area contributed by atoms with Crippen molar-refractivity contribution in [2.24, 2.45) is 5.92 Å². The highest BCUT2D eigenvalue weighted by molar-refractivity contribution is 5.94. The molecule has 1 saturated heterocycles. The van der Waals surface area contributed by atoms with Crippen LogP contribution in [0.15, 0.2) is 54.9 Å². The molecular formula is C25H28N4O3. The summed E-state index contributed by atoms with van der Waals surface area (Å²) >= 11 is 0. The molecule has 2 aromatic carbocycles. The van der Waals surface area contributed by atoms with Crippen LogP contribution in [0.25, 0.3) is 11.3 Å². The molecule has 32 heavy (non-hydrogen) atoms. The zero-order valence-corrected chi connectivity index (χ0v) is 18.7. The third kappa shape index (κ3) is 4.82. The lowest BCUT2D eigenvalue weighted by Gasteiger charge is -2.32. The number of methoxy groups -OCH3 is 2. The lowest BCUT2D eigenvalue weighted by atomic mass is 9.95. The van der Waals surface area contributed by atoms with Gasteiger partial charge in [-0.25, -0.2) is 9.97 Å². The van der Waals surface area contributed by atoms with Crippen molar-refractivity contribution in [3.8, 4) is 22.8 Å². The molecule has 0 saturated carbocycles. The zero-order valence-electron chi connectivity index (χ0n) is 18.7. The molecule has 1 aromatic heterocycles. The van der Waals surface area contributed by atoms with Gasteiger partial charge in [-0.05, 0) is 31.9 Å². The van der Waals surface area contributed by atoms with Gasteiger partial charge in [0.05, 0.1) is 25.6 Å². The van der Waals surface area contributed by atoms with E-state index in [4.69, 9.17) is 9.47 Å². The van der Waals surface area contributed by atoms with E-state index in [1.165, 1.54) is 5.56 Å². The summed E-state index contributed by atoms with van der Waals surface area (Å²) in [5.74, 6) is 2.11. The minimum absolute atomic E-state index is 0.0103. The molecule has 2 heterocycles. The summed E-state index contributed by atoms with van der Waals surface area (Å²) in [5.41, 5.74) is 3.85. The molecule has 0 radical (unpaired) electrons. The van der Waals surface area contributed by atoms with Crippen LogP contribution in [-0.2, 0) is 4.79 Å². The number of aromatic nitrogens is 2. The number of ether oxygens (including phenoxy) is 2. The van der Waals surface area contributed by atoms with Crippen LogP contribution in [0.3, 0.4) is 0 Å². The average molecular weight is 433 g/mol. The third-order valence-corrected chi connectivity index (χ3v) is 5.86. The Morgan fingerprint density at radius 1 is 1.00 bits per heavy atom. The van der Waals surface area contributed by atoms with Crippen LogP contribution >= 0.6 is 0 Å². The molecule has 3 aromatic rings. The molecule has 1 aliphatic rings. The van der Waals surface area contributed by atoms with Gasteiger partial charge in [-0.3, -0.25) is 4.79 Å². The lowest BCUT2D eigenvalue weighted by Crippen LogP contribution is -2.38. The van der Waals surface area contributed by atoms with E-state index in [0.717, 1.165) is 43.0 Å². The number of carbonyl (C=O) groups excluding carboxylic acids is 1. The Bertz CT molecular complexity index is 1080. The molecule has 7 nitrogen and oxygen atoms in total. The molecule has 1 fully saturated rings. The van der Waals surface area contributed by atoms with Gasteiger partial charge < -0.3 is 19.7 Å². The molecule has 1 amide bonds. The predicted molar refractivity (Wildman–Crippen MR) is 125 cm³/mol. The topological polar surface area (TPSA) is 76.6 Å². The van der Waals surface area contributed by atoms with Crippen LogP contribution in [0.2, 0.25) is 0 Å². The number of carbonyl (C=O) groups is 1. The number of piperidine rings is 1. The summed E-state index contributed by atoms with van der Waals surface area (Å²) in [4.78, 5) is 24.0. The van der Waals surface area contributed by atoms with Crippen molar-refractivity contribution in [2.75, 3.05) is 37.5 Å². The Kier molecular flexibility index (Phi) is 6.54. The first-order valence-corrected chi connectivity index (χ1v) is 10.7. The summed E-state index contributed by atoms with van der Waals surface area (Å²) in [6.07, 6.45) is 3.13. The van der Waals surface area contributed by atoms with Gasteiger partial charge in [0.2, 0.25) is 5.91 Å². The fraction of sp³-hybridized carbons (Fsp3) is 0.320. The van der Waals surface area contributed by atoms with Crippen LogP contribution < -0.4 is 19.7 Å². The van der Waals surface area contributed by atoms with E-state index in [1.54, 1.807) is 32.7 Å². The number of hydrogen-bond acceptors (Lipinski definition) is 6. The van der Waals surface area contributed by atoms with E-state index >= 15 is 0 Å². The second kappa shape index (κ2) is 9.68. The lowest BCUT2D eigenvalue weighted by molar-refractivity contribution is -0.120. The van der Waals surface area contributed by atoms with Crippen molar-refractivity contribution in [1.82, 2.24) is 9.97 Å². The van der Waals surface area contributed by atoms with Crippen LogP contribution in [0.4, 0.5) is 11.5 Å². The Hall–Kier alpha value is -3.61. The Labute approximate surface area is 188 Å². The minimum atomic E-state index is -0.0588. The summed E-state index contributed by atoms with van der Waals surface area (Å²) in [6.45, 7) is 3.60. The smallest absolute Gasteiger partial charge is 0.227 e. The summed E-state index contributed by atoms with van der Waals surface area (Å²) in [6, 6.07) is 15.7. The highest BCUT2D eigenvalue weighted by Crippen LogP contribution is 2.31. The Balaban J connectivity index is 1.39. The summed E-state index contributed by atoms with van der Waals surface area (Å²) < 4.78 is 10.6. The van der Waals surface area contributed by atoms with Crippen molar-refractivity contribution in [2.45, 2.75) is 19.8 Å². The standard InChI is InChI=1S/C25H28N4O3/c1-17-4-6-18(7-5-17)22-15-24(27-16-26-22)29-12-10-19(11-13-29)25(30)28-21-9-8-20(31-2)14-23(21)32-3/h4-9,14-16,19H,10-13H2,1-3H3,(H,28,30). The first-order chi connectivity index (χ1) is 15.6. The maximum Gasteiger partial charge on any atom is 0.227 e. The highest BCUT2D eigenvalue weighted by atomic mass is 16.5. The number of benzene rings is 2. The van der Waals surface area contributed by atoms with Gasteiger partial charge in [0.1, 0.15) is 23.6 Å². The first-order valence-electron chi connectivity index (χ1n) is 10.7. The number of anilines is 2. The van der Waals surface area contributed by atoms with E-state index < -0.39 is 0 Å². The van der Waals surface area contributed by atoms with Crippen LogP contribution in [0.1, 0.15) is 18.4 Å². The predicted octanol–water partition coefficient (Wildman–Crippen LogP) is 4.32. The average Bonchev–Trinajstić information content (AvgIpc) is 2.85. The van der Waals surface area contributed by atoms with E-state index in [1.807, 2.05) is 12.1 Å². The maximum atomic E-state index is 12.9. The van der Waals surface area contributed by atoms with Crippen LogP contribution in [0, 0.1) is 12.8 Å². The summed E-state index contributed by atoms with van der Waals surface area (Å²) in [5, 5.41) is 3.01. The van der Waals surface area contributed by atoms with E-state index in [-0.39, 0.29) is 11.8 Å². The van der Waals surface area contributed by atoms with E-state index in [2.05, 4.69) is 51.4 Å². The van der Waals surface area contributed by atoms with Crippen molar-refractivity contribution < 1.29 is 14.3 Å². The number of nitrogens with zero attached hydrogens (tertiary/aromatic N) is 3. The SMILES string of the molecule is COc1ccc(NC(=O)C2CCN(c3cc(-c4ccc(C)cc4)ncn3)CC2)c(OC)c1. The van der Waals surface area contributed by atoms with Gasteiger partial charge in [0, 0.05) is 36.7 Å². The van der Waals surface area contributed by atoms with Gasteiger partial charge >= 0.3 is 0 Å². The van der Waals surface area contributed by atoms with Crippen LogP contribution in [-0.4, -0.2) is 43.2 Å². The molecule has 0 atom stereocenters. The molecule has 0 aliphatic carbocycles. The largest absolute Gasteiger partial charge is 0.497 e. The van der Waals surface area contributed by atoms with Gasteiger partial charge in [-0.2, -0.15) is 0 Å².